The molecule has 0 saturated heterocycles. The van der Waals surface area contributed by atoms with E-state index in [1.54, 1.807) is 19.8 Å². The number of methoxy groups -OCH3 is 1. The molecular formula is C21H22N6O. The maximum Gasteiger partial charge on any atom is 0.145 e. The zero-order chi connectivity index (χ0) is 19.7. The zero-order valence-corrected chi connectivity index (χ0v) is 16.3. The first-order chi connectivity index (χ1) is 13.5. The minimum absolute atomic E-state index is 0.0218. The molecule has 142 valence electrons. The lowest BCUT2D eigenvalue weighted by molar-refractivity contribution is 0.419. The number of ether oxygens (including phenoxy) is 1. The molecule has 4 rings (SSSR count). The van der Waals surface area contributed by atoms with Gasteiger partial charge in [0.2, 0.25) is 0 Å². The largest absolute Gasteiger partial charge is 0.494 e. The first-order valence-corrected chi connectivity index (χ1v) is 9.07. The Morgan fingerprint density at radius 1 is 1.07 bits per heavy atom. The van der Waals surface area contributed by atoms with Crippen LogP contribution in [0, 0.1) is 13.8 Å². The third kappa shape index (κ3) is 3.38. The Hall–Kier alpha value is -3.48. The van der Waals surface area contributed by atoms with Gasteiger partial charge in [-0.1, -0.05) is 6.07 Å². The number of pyridine rings is 1. The van der Waals surface area contributed by atoms with E-state index in [1.807, 2.05) is 55.1 Å². The van der Waals surface area contributed by atoms with Crippen molar-refractivity contribution in [2.45, 2.75) is 26.9 Å². The lowest BCUT2D eigenvalue weighted by atomic mass is 10.1. The number of hydrogen-bond acceptors (Lipinski definition) is 6. The second kappa shape index (κ2) is 7.26. The SMILES string of the molecule is COc1cc(-c2ccc(C)cn2)cc2c(NC(C)n3cnc(C)c3)ncnc12. The molecule has 3 aromatic heterocycles. The van der Waals surface area contributed by atoms with Gasteiger partial charge in [-0.05, 0) is 44.5 Å². The van der Waals surface area contributed by atoms with Crippen LogP contribution in [0.25, 0.3) is 22.2 Å². The Kier molecular flexibility index (Phi) is 4.65. The molecule has 1 unspecified atom stereocenters. The Labute approximate surface area is 163 Å². The molecule has 0 fully saturated rings. The number of benzene rings is 1. The van der Waals surface area contributed by atoms with E-state index in [0.29, 0.717) is 5.75 Å². The third-order valence-electron chi connectivity index (χ3n) is 4.65. The van der Waals surface area contributed by atoms with Gasteiger partial charge in [0.1, 0.15) is 29.6 Å². The van der Waals surface area contributed by atoms with Gasteiger partial charge in [-0.3, -0.25) is 4.98 Å². The molecule has 0 aliphatic heterocycles. The number of rotatable bonds is 5. The summed E-state index contributed by atoms with van der Waals surface area (Å²) < 4.78 is 7.61. The van der Waals surface area contributed by atoms with Gasteiger partial charge < -0.3 is 14.6 Å². The number of aryl methyl sites for hydroxylation is 2. The van der Waals surface area contributed by atoms with Crippen LogP contribution in [0.4, 0.5) is 5.82 Å². The molecule has 1 N–H and O–H groups in total. The smallest absolute Gasteiger partial charge is 0.145 e. The lowest BCUT2D eigenvalue weighted by Gasteiger charge is -2.18. The average Bonchev–Trinajstić information content (AvgIpc) is 3.14. The van der Waals surface area contributed by atoms with E-state index in [9.17, 15) is 0 Å². The maximum absolute atomic E-state index is 5.60. The van der Waals surface area contributed by atoms with Crippen LogP contribution in [0.3, 0.4) is 0 Å². The maximum atomic E-state index is 5.60. The van der Waals surface area contributed by atoms with Gasteiger partial charge in [0, 0.05) is 23.3 Å². The topological polar surface area (TPSA) is 77.8 Å². The van der Waals surface area contributed by atoms with Crippen LogP contribution in [0.2, 0.25) is 0 Å². The van der Waals surface area contributed by atoms with Crippen molar-refractivity contribution in [2.24, 2.45) is 0 Å². The molecule has 0 aliphatic carbocycles. The summed E-state index contributed by atoms with van der Waals surface area (Å²) in [6.45, 7) is 6.04. The van der Waals surface area contributed by atoms with Crippen molar-refractivity contribution in [3.8, 4) is 17.0 Å². The second-order valence-corrected chi connectivity index (χ2v) is 6.80. The normalized spacial score (nSPS) is 12.1. The van der Waals surface area contributed by atoms with Crippen LogP contribution < -0.4 is 10.1 Å². The van der Waals surface area contributed by atoms with Crippen LogP contribution in [-0.4, -0.2) is 31.6 Å². The molecule has 0 bridgehead atoms. The van der Waals surface area contributed by atoms with Gasteiger partial charge in [-0.15, -0.1) is 0 Å². The molecule has 0 aliphatic rings. The average molecular weight is 374 g/mol. The minimum atomic E-state index is -0.0218. The molecule has 7 heteroatoms. The predicted molar refractivity (Wildman–Crippen MR) is 109 cm³/mol. The highest BCUT2D eigenvalue weighted by Crippen LogP contribution is 2.34. The fourth-order valence-electron chi connectivity index (χ4n) is 3.12. The van der Waals surface area contributed by atoms with Crippen LogP contribution in [0.5, 0.6) is 5.75 Å². The fraction of sp³-hybridized carbons (Fsp3) is 0.238. The van der Waals surface area contributed by atoms with Crippen molar-refractivity contribution in [1.82, 2.24) is 24.5 Å². The molecular weight excluding hydrogens is 352 g/mol. The number of anilines is 1. The van der Waals surface area contributed by atoms with Gasteiger partial charge >= 0.3 is 0 Å². The number of imidazole rings is 1. The second-order valence-electron chi connectivity index (χ2n) is 6.80. The van der Waals surface area contributed by atoms with Crippen LogP contribution in [-0.2, 0) is 0 Å². The van der Waals surface area contributed by atoms with Crippen LogP contribution in [0.15, 0.2) is 49.3 Å². The Bertz CT molecular complexity index is 1120. The Morgan fingerprint density at radius 2 is 1.93 bits per heavy atom. The molecule has 7 nitrogen and oxygen atoms in total. The standard InChI is InChI=1S/C21H22N6O/c1-13-5-6-18(22-9-13)16-7-17-20(19(8-16)28-4)23-11-24-21(17)26-15(3)27-10-14(2)25-12-27/h5-12,15H,1-4H3,(H,23,24,26). The van der Waals surface area contributed by atoms with Gasteiger partial charge in [-0.2, -0.15) is 0 Å². The summed E-state index contributed by atoms with van der Waals surface area (Å²) in [5, 5.41) is 4.33. The van der Waals surface area contributed by atoms with Crippen LogP contribution in [0.1, 0.15) is 24.3 Å². The molecule has 0 saturated carbocycles. The minimum Gasteiger partial charge on any atom is -0.494 e. The molecule has 0 amide bonds. The molecule has 0 spiro atoms. The molecule has 1 aromatic carbocycles. The number of nitrogens with one attached hydrogen (secondary N) is 1. The van der Waals surface area contributed by atoms with Crippen molar-refractivity contribution in [1.29, 1.82) is 0 Å². The quantitative estimate of drug-likeness (QED) is 0.566. The summed E-state index contributed by atoms with van der Waals surface area (Å²) in [6.07, 6.45) is 7.17. The fourth-order valence-corrected chi connectivity index (χ4v) is 3.12. The number of aromatic nitrogens is 5. The van der Waals surface area contributed by atoms with E-state index in [0.717, 1.165) is 39.2 Å². The van der Waals surface area contributed by atoms with Crippen molar-refractivity contribution in [2.75, 3.05) is 12.4 Å². The summed E-state index contributed by atoms with van der Waals surface area (Å²) in [6, 6.07) is 8.05. The van der Waals surface area contributed by atoms with E-state index in [1.165, 1.54) is 0 Å². The van der Waals surface area contributed by atoms with E-state index in [2.05, 4.69) is 32.2 Å². The summed E-state index contributed by atoms with van der Waals surface area (Å²) in [4.78, 5) is 17.7. The molecule has 4 aromatic rings. The van der Waals surface area contributed by atoms with E-state index in [-0.39, 0.29) is 6.17 Å². The molecule has 1 atom stereocenters. The summed E-state index contributed by atoms with van der Waals surface area (Å²) >= 11 is 0. The monoisotopic (exact) mass is 374 g/mol. The highest BCUT2D eigenvalue weighted by Gasteiger charge is 2.14. The summed E-state index contributed by atoms with van der Waals surface area (Å²) in [5.41, 5.74) is 4.67. The van der Waals surface area contributed by atoms with E-state index in [4.69, 9.17) is 4.74 Å². The van der Waals surface area contributed by atoms with Gasteiger partial charge in [0.05, 0.1) is 24.8 Å². The highest BCUT2D eigenvalue weighted by molar-refractivity contribution is 5.96. The number of nitrogens with zero attached hydrogens (tertiary/aromatic N) is 5. The predicted octanol–water partition coefficient (Wildman–Crippen LogP) is 4.14. The molecule has 3 heterocycles. The van der Waals surface area contributed by atoms with E-state index < -0.39 is 0 Å². The van der Waals surface area contributed by atoms with Crippen molar-refractivity contribution >= 4 is 16.7 Å². The van der Waals surface area contributed by atoms with Crippen LogP contribution >= 0.6 is 0 Å². The number of fused-ring (bicyclic) bond motifs is 1. The highest BCUT2D eigenvalue weighted by atomic mass is 16.5. The van der Waals surface area contributed by atoms with Crippen molar-refractivity contribution in [3.05, 3.63) is 60.6 Å². The summed E-state index contributed by atoms with van der Waals surface area (Å²) in [7, 11) is 1.65. The Morgan fingerprint density at radius 3 is 2.61 bits per heavy atom. The Balaban J connectivity index is 1.80. The van der Waals surface area contributed by atoms with Gasteiger partial charge in [0.25, 0.3) is 0 Å². The van der Waals surface area contributed by atoms with Crippen molar-refractivity contribution in [3.63, 3.8) is 0 Å². The lowest BCUT2D eigenvalue weighted by Crippen LogP contribution is -2.14. The van der Waals surface area contributed by atoms with Crippen molar-refractivity contribution < 1.29 is 4.74 Å². The zero-order valence-electron chi connectivity index (χ0n) is 16.3. The first-order valence-electron chi connectivity index (χ1n) is 9.07. The molecule has 0 radical (unpaired) electrons. The third-order valence-corrected chi connectivity index (χ3v) is 4.65. The summed E-state index contributed by atoms with van der Waals surface area (Å²) in [5.74, 6) is 1.42. The first kappa shape index (κ1) is 17.9. The number of hydrogen-bond donors (Lipinski definition) is 1. The molecule has 28 heavy (non-hydrogen) atoms. The van der Waals surface area contributed by atoms with Gasteiger partial charge in [-0.25, -0.2) is 15.0 Å². The van der Waals surface area contributed by atoms with Gasteiger partial charge in [0.15, 0.2) is 0 Å². The van der Waals surface area contributed by atoms with E-state index >= 15 is 0 Å².